The molecule has 152 valence electrons. The van der Waals surface area contributed by atoms with Crippen molar-refractivity contribution in [1.82, 2.24) is 14.8 Å². The van der Waals surface area contributed by atoms with Crippen molar-refractivity contribution in [1.29, 1.82) is 0 Å². The third-order valence-electron chi connectivity index (χ3n) is 4.79. The molecule has 0 saturated heterocycles. The Bertz CT molecular complexity index is 941. The number of hydrogen-bond donors (Lipinski definition) is 1. The summed E-state index contributed by atoms with van der Waals surface area (Å²) in [5, 5.41) is 8.89. The number of nitrogens with zero attached hydrogens (tertiary/aromatic N) is 3. The highest BCUT2D eigenvalue weighted by molar-refractivity contribution is 8.00. The van der Waals surface area contributed by atoms with E-state index in [1.54, 1.807) is 6.92 Å². The van der Waals surface area contributed by atoms with Crippen LogP contribution < -0.4 is 10.5 Å². The molecule has 0 radical (unpaired) electrons. The minimum absolute atomic E-state index is 0.0187. The number of thioether (sulfide) groups is 1. The Kier molecular flexibility index (Phi) is 6.93. The van der Waals surface area contributed by atoms with Crippen LogP contribution in [0.4, 0.5) is 0 Å². The minimum atomic E-state index is -0.406. The molecule has 29 heavy (non-hydrogen) atoms. The Hall–Kier alpha value is -2.80. The van der Waals surface area contributed by atoms with Crippen LogP contribution in [0.2, 0.25) is 0 Å². The molecule has 0 bridgehead atoms. The van der Waals surface area contributed by atoms with Gasteiger partial charge in [-0.15, -0.1) is 10.2 Å². The number of primary amides is 1. The average molecular weight is 411 g/mol. The van der Waals surface area contributed by atoms with Crippen LogP contribution in [0.1, 0.15) is 43.8 Å². The molecule has 2 unspecified atom stereocenters. The van der Waals surface area contributed by atoms with E-state index < -0.39 is 5.25 Å². The molecule has 0 aliphatic rings. The lowest BCUT2D eigenvalue weighted by Crippen LogP contribution is -2.23. The number of carbonyl (C=O) groups excluding carboxylic acids is 1. The quantitative estimate of drug-likeness (QED) is 0.539. The largest absolute Gasteiger partial charge is 0.486 e. The maximum atomic E-state index is 11.5. The molecule has 2 aromatic carbocycles. The van der Waals surface area contributed by atoms with Crippen molar-refractivity contribution in [3.63, 3.8) is 0 Å². The van der Waals surface area contributed by atoms with Crippen molar-refractivity contribution in [2.45, 2.75) is 50.2 Å². The molecule has 2 N–H and O–H groups in total. The third-order valence-corrected chi connectivity index (χ3v) is 5.86. The summed E-state index contributed by atoms with van der Waals surface area (Å²) >= 11 is 1.31. The van der Waals surface area contributed by atoms with E-state index in [-0.39, 0.29) is 18.6 Å². The van der Waals surface area contributed by atoms with Gasteiger partial charge in [-0.2, -0.15) is 0 Å². The number of carbonyl (C=O) groups is 1. The van der Waals surface area contributed by atoms with E-state index in [1.165, 1.54) is 17.3 Å². The summed E-state index contributed by atoms with van der Waals surface area (Å²) in [6, 6.07) is 18.1. The smallest absolute Gasteiger partial charge is 0.230 e. The Balaban J connectivity index is 1.86. The fourth-order valence-electron chi connectivity index (χ4n) is 2.94. The van der Waals surface area contributed by atoms with Crippen LogP contribution >= 0.6 is 11.8 Å². The number of hydrogen-bond acceptors (Lipinski definition) is 5. The van der Waals surface area contributed by atoms with E-state index in [0.29, 0.717) is 11.0 Å². The number of nitrogens with two attached hydrogens (primary N) is 1. The minimum Gasteiger partial charge on any atom is -0.486 e. The summed E-state index contributed by atoms with van der Waals surface area (Å²) < 4.78 is 7.97. The molecule has 7 heteroatoms. The molecule has 0 aliphatic carbocycles. The van der Waals surface area contributed by atoms with Gasteiger partial charge in [-0.05, 0) is 43.5 Å². The lowest BCUT2D eigenvalue weighted by atomic mass is 10.1. The van der Waals surface area contributed by atoms with Gasteiger partial charge in [0.25, 0.3) is 0 Å². The van der Waals surface area contributed by atoms with Crippen LogP contribution in [-0.4, -0.2) is 25.9 Å². The zero-order valence-electron chi connectivity index (χ0n) is 16.9. The fraction of sp³-hybridized carbons (Fsp3) is 0.318. The van der Waals surface area contributed by atoms with Crippen molar-refractivity contribution < 1.29 is 9.53 Å². The van der Waals surface area contributed by atoms with Crippen LogP contribution in [-0.2, 0) is 17.8 Å². The molecule has 3 rings (SSSR count). The second-order valence-corrected chi connectivity index (χ2v) is 8.11. The summed E-state index contributed by atoms with van der Waals surface area (Å²) in [5.74, 6) is 1.09. The maximum absolute atomic E-state index is 11.5. The van der Waals surface area contributed by atoms with Gasteiger partial charge in [0.2, 0.25) is 5.91 Å². The highest BCUT2D eigenvalue weighted by atomic mass is 32.2. The number of aryl methyl sites for hydroxylation is 1. The van der Waals surface area contributed by atoms with E-state index in [0.717, 1.165) is 17.7 Å². The maximum Gasteiger partial charge on any atom is 0.230 e. The SMILES string of the molecule is CCc1ccc(OCc2nnc(SC(C)C(N)=O)n2C(C)c2ccccc2)cc1. The van der Waals surface area contributed by atoms with Gasteiger partial charge < -0.3 is 10.5 Å². The highest BCUT2D eigenvalue weighted by Gasteiger charge is 2.22. The van der Waals surface area contributed by atoms with Gasteiger partial charge in [-0.25, -0.2) is 0 Å². The molecule has 0 aliphatic heterocycles. The van der Waals surface area contributed by atoms with E-state index in [9.17, 15) is 4.79 Å². The Morgan fingerprint density at radius 1 is 1.10 bits per heavy atom. The zero-order chi connectivity index (χ0) is 20.8. The van der Waals surface area contributed by atoms with Crippen molar-refractivity contribution in [2.24, 2.45) is 5.73 Å². The number of benzene rings is 2. The van der Waals surface area contributed by atoms with Gasteiger partial charge in [-0.3, -0.25) is 9.36 Å². The van der Waals surface area contributed by atoms with E-state index in [1.807, 2.05) is 34.9 Å². The highest BCUT2D eigenvalue weighted by Crippen LogP contribution is 2.29. The van der Waals surface area contributed by atoms with Gasteiger partial charge in [0, 0.05) is 0 Å². The normalized spacial score (nSPS) is 13.1. The van der Waals surface area contributed by atoms with Gasteiger partial charge in [-0.1, -0.05) is 61.2 Å². The second kappa shape index (κ2) is 9.60. The van der Waals surface area contributed by atoms with Gasteiger partial charge in [0.1, 0.15) is 12.4 Å². The fourth-order valence-corrected chi connectivity index (χ4v) is 3.84. The summed E-state index contributed by atoms with van der Waals surface area (Å²) in [7, 11) is 0. The summed E-state index contributed by atoms with van der Waals surface area (Å²) in [4.78, 5) is 11.5. The van der Waals surface area contributed by atoms with Crippen molar-refractivity contribution in [3.8, 4) is 5.75 Å². The van der Waals surface area contributed by atoms with E-state index in [4.69, 9.17) is 10.5 Å². The first kappa shape index (κ1) is 20.9. The summed E-state index contributed by atoms with van der Waals surface area (Å²) in [5.41, 5.74) is 7.83. The monoisotopic (exact) mass is 410 g/mol. The lowest BCUT2D eigenvalue weighted by molar-refractivity contribution is -0.117. The van der Waals surface area contributed by atoms with Crippen molar-refractivity contribution in [2.75, 3.05) is 0 Å². The second-order valence-electron chi connectivity index (χ2n) is 6.80. The Morgan fingerprint density at radius 3 is 2.41 bits per heavy atom. The number of rotatable bonds is 9. The number of amides is 1. The molecule has 0 saturated carbocycles. The molecular weight excluding hydrogens is 384 g/mol. The molecule has 0 fully saturated rings. The Labute approximate surface area is 175 Å². The molecule has 6 nitrogen and oxygen atoms in total. The topological polar surface area (TPSA) is 83.0 Å². The average Bonchev–Trinajstić information content (AvgIpc) is 3.14. The summed E-state index contributed by atoms with van der Waals surface area (Å²) in [6.45, 7) is 6.25. The van der Waals surface area contributed by atoms with E-state index >= 15 is 0 Å². The molecule has 1 aromatic heterocycles. The predicted molar refractivity (Wildman–Crippen MR) is 115 cm³/mol. The first-order valence-electron chi connectivity index (χ1n) is 9.66. The molecule has 2 atom stereocenters. The van der Waals surface area contributed by atoms with E-state index in [2.05, 4.69) is 48.3 Å². The summed E-state index contributed by atoms with van der Waals surface area (Å²) in [6.07, 6.45) is 0.988. The van der Waals surface area contributed by atoms with Crippen molar-refractivity contribution in [3.05, 3.63) is 71.5 Å². The first-order chi connectivity index (χ1) is 14.0. The standard InChI is InChI=1S/C22H26N4O2S/c1-4-17-10-12-19(13-11-17)28-14-20-24-25-22(29-16(3)21(23)27)26(20)15(2)18-8-6-5-7-9-18/h5-13,15-16H,4,14H2,1-3H3,(H2,23,27). The molecule has 1 amide bonds. The van der Waals surface area contributed by atoms with Crippen LogP contribution in [0.5, 0.6) is 5.75 Å². The lowest BCUT2D eigenvalue weighted by Gasteiger charge is -2.19. The van der Waals surface area contributed by atoms with Crippen LogP contribution in [0, 0.1) is 0 Å². The zero-order valence-corrected chi connectivity index (χ0v) is 17.7. The van der Waals surface area contributed by atoms with Gasteiger partial charge >= 0.3 is 0 Å². The molecular formula is C22H26N4O2S. The van der Waals surface area contributed by atoms with Gasteiger partial charge in [0.05, 0.1) is 11.3 Å². The molecule has 1 heterocycles. The van der Waals surface area contributed by atoms with Crippen LogP contribution in [0.15, 0.2) is 59.8 Å². The van der Waals surface area contributed by atoms with Crippen LogP contribution in [0.25, 0.3) is 0 Å². The predicted octanol–water partition coefficient (Wildman–Crippen LogP) is 3.99. The van der Waals surface area contributed by atoms with Crippen molar-refractivity contribution >= 4 is 17.7 Å². The third kappa shape index (κ3) is 5.17. The van der Waals surface area contributed by atoms with Crippen LogP contribution in [0.3, 0.4) is 0 Å². The molecule has 3 aromatic rings. The molecule has 0 spiro atoms. The van der Waals surface area contributed by atoms with Gasteiger partial charge in [0.15, 0.2) is 11.0 Å². The number of aromatic nitrogens is 3. The number of ether oxygens (including phenoxy) is 1. The first-order valence-corrected chi connectivity index (χ1v) is 10.5. The Morgan fingerprint density at radius 2 is 1.79 bits per heavy atom.